The average Bonchev–Trinajstić information content (AvgIpc) is 2.57. The number of nitrogens with one attached hydrogen (secondary N) is 2. The number of carbonyl (C=O) groups is 3. The number of carboxylic acid groups (broad SMARTS) is 1. The topological polar surface area (TPSA) is 142 Å². The number of hydrogen-bond donors (Lipinski definition) is 3. The van der Waals surface area contributed by atoms with Crippen molar-refractivity contribution in [2.75, 3.05) is 65.9 Å². The van der Waals surface area contributed by atoms with Crippen LogP contribution in [-0.4, -0.2) is 94.6 Å². The lowest BCUT2D eigenvalue weighted by Crippen LogP contribution is -2.34. The summed E-state index contributed by atoms with van der Waals surface area (Å²) in [5, 5.41) is 13.5. The fourth-order valence-electron chi connectivity index (χ4n) is 1.62. The molecule has 164 valence electrons. The number of ether oxygens (including phenoxy) is 5. The second-order valence-electron chi connectivity index (χ2n) is 6.50. The smallest absolute Gasteiger partial charge is 0.407 e. The molecule has 0 aliphatic heterocycles. The fourth-order valence-corrected chi connectivity index (χ4v) is 1.62. The first kappa shape index (κ1) is 26.1. The fraction of sp³-hybridized carbons (Fsp3) is 0.824. The first-order chi connectivity index (χ1) is 13.2. The maximum absolute atomic E-state index is 11.5. The van der Waals surface area contributed by atoms with Crippen molar-refractivity contribution in [2.24, 2.45) is 0 Å². The predicted molar refractivity (Wildman–Crippen MR) is 98.2 cm³/mol. The maximum atomic E-state index is 11.5. The normalized spacial score (nSPS) is 11.1. The van der Waals surface area contributed by atoms with Gasteiger partial charge < -0.3 is 39.4 Å². The van der Waals surface area contributed by atoms with Crippen molar-refractivity contribution in [3.63, 3.8) is 0 Å². The molecule has 0 aliphatic carbocycles. The minimum Gasteiger partial charge on any atom is -0.480 e. The lowest BCUT2D eigenvalue weighted by molar-refractivity contribution is -0.142. The number of alkyl carbamates (subject to hydrolysis) is 1. The van der Waals surface area contributed by atoms with E-state index in [-0.39, 0.29) is 45.5 Å². The van der Waals surface area contributed by atoms with Gasteiger partial charge in [0.15, 0.2) is 0 Å². The van der Waals surface area contributed by atoms with E-state index in [2.05, 4.69) is 10.6 Å². The van der Waals surface area contributed by atoms with Gasteiger partial charge in [-0.2, -0.15) is 0 Å². The minimum atomic E-state index is -1.03. The van der Waals surface area contributed by atoms with E-state index >= 15 is 0 Å². The first-order valence-electron chi connectivity index (χ1n) is 8.97. The van der Waals surface area contributed by atoms with Crippen molar-refractivity contribution in [3.05, 3.63) is 0 Å². The molecule has 0 aliphatic rings. The molecule has 11 nitrogen and oxygen atoms in total. The third-order valence-corrected chi connectivity index (χ3v) is 2.69. The largest absolute Gasteiger partial charge is 0.480 e. The van der Waals surface area contributed by atoms with Crippen LogP contribution in [0.2, 0.25) is 0 Å². The average molecular weight is 408 g/mol. The Hall–Kier alpha value is -1.95. The van der Waals surface area contributed by atoms with Gasteiger partial charge in [-0.05, 0) is 20.8 Å². The Kier molecular flexibility index (Phi) is 14.9. The monoisotopic (exact) mass is 408 g/mol. The van der Waals surface area contributed by atoms with Crippen molar-refractivity contribution in [1.29, 1.82) is 0 Å². The maximum Gasteiger partial charge on any atom is 0.407 e. The molecule has 0 bridgehead atoms. The molecule has 0 aromatic rings. The number of carbonyl (C=O) groups excluding carboxylic acids is 2. The lowest BCUT2D eigenvalue weighted by Gasteiger charge is -2.19. The van der Waals surface area contributed by atoms with Crippen LogP contribution in [0.15, 0.2) is 0 Å². The summed E-state index contributed by atoms with van der Waals surface area (Å²) >= 11 is 0. The molecule has 0 saturated carbocycles. The number of carboxylic acids is 1. The van der Waals surface area contributed by atoms with Crippen LogP contribution in [0, 0.1) is 0 Å². The van der Waals surface area contributed by atoms with E-state index in [1.165, 1.54) is 0 Å². The molecule has 0 rings (SSSR count). The molecule has 11 heteroatoms. The van der Waals surface area contributed by atoms with Gasteiger partial charge in [0.2, 0.25) is 5.91 Å². The van der Waals surface area contributed by atoms with E-state index in [0.29, 0.717) is 26.3 Å². The molecule has 0 spiro atoms. The first-order valence-corrected chi connectivity index (χ1v) is 8.97. The van der Waals surface area contributed by atoms with E-state index in [1.807, 2.05) is 0 Å². The molecule has 0 heterocycles. The van der Waals surface area contributed by atoms with Gasteiger partial charge in [0.1, 0.15) is 18.8 Å². The molecule has 0 fully saturated rings. The summed E-state index contributed by atoms with van der Waals surface area (Å²) in [4.78, 5) is 33.1. The van der Waals surface area contributed by atoms with Crippen LogP contribution in [0.4, 0.5) is 4.79 Å². The van der Waals surface area contributed by atoms with E-state index in [4.69, 9.17) is 28.8 Å². The molecule has 2 amide bonds. The van der Waals surface area contributed by atoms with Crippen LogP contribution in [0.25, 0.3) is 0 Å². The Morgan fingerprint density at radius 1 is 0.750 bits per heavy atom. The summed E-state index contributed by atoms with van der Waals surface area (Å²) in [6.45, 7) is 7.08. The molecular formula is C17H32N2O9. The van der Waals surface area contributed by atoms with E-state index in [1.54, 1.807) is 20.8 Å². The Morgan fingerprint density at radius 3 is 1.79 bits per heavy atom. The van der Waals surface area contributed by atoms with Gasteiger partial charge in [-0.3, -0.25) is 4.79 Å². The van der Waals surface area contributed by atoms with Crippen LogP contribution < -0.4 is 10.6 Å². The van der Waals surface area contributed by atoms with Gasteiger partial charge >= 0.3 is 12.1 Å². The third-order valence-electron chi connectivity index (χ3n) is 2.69. The second kappa shape index (κ2) is 16.0. The lowest BCUT2D eigenvalue weighted by atomic mass is 10.2. The molecule has 0 saturated heterocycles. The molecule has 0 unspecified atom stereocenters. The molecule has 0 aromatic carbocycles. The summed E-state index contributed by atoms with van der Waals surface area (Å²) in [7, 11) is 0. The highest BCUT2D eigenvalue weighted by Crippen LogP contribution is 2.05. The van der Waals surface area contributed by atoms with Gasteiger partial charge in [-0.25, -0.2) is 9.59 Å². The molecular weight excluding hydrogens is 376 g/mol. The van der Waals surface area contributed by atoms with E-state index < -0.39 is 17.7 Å². The van der Waals surface area contributed by atoms with E-state index in [0.717, 1.165) is 0 Å². The summed E-state index contributed by atoms with van der Waals surface area (Å²) in [6, 6.07) is 0. The van der Waals surface area contributed by atoms with Gasteiger partial charge in [0.05, 0.1) is 39.6 Å². The third kappa shape index (κ3) is 20.4. The summed E-state index contributed by atoms with van der Waals surface area (Å²) in [5.41, 5.74) is -0.540. The summed E-state index contributed by atoms with van der Waals surface area (Å²) in [5.74, 6) is -1.31. The number of amides is 2. The van der Waals surface area contributed by atoms with E-state index in [9.17, 15) is 14.4 Å². The van der Waals surface area contributed by atoms with Crippen molar-refractivity contribution >= 4 is 18.0 Å². The minimum absolute atomic E-state index is 0.0960. The molecule has 28 heavy (non-hydrogen) atoms. The zero-order valence-electron chi connectivity index (χ0n) is 16.8. The van der Waals surface area contributed by atoms with Crippen LogP contribution >= 0.6 is 0 Å². The zero-order valence-corrected chi connectivity index (χ0v) is 16.8. The second-order valence-corrected chi connectivity index (χ2v) is 6.50. The SMILES string of the molecule is CC(C)(C)OC(=O)NCCOCCOCC(=O)NCCOCCOCC(=O)O. The molecule has 0 aromatic heterocycles. The Labute approximate surface area is 165 Å². The highest BCUT2D eigenvalue weighted by Gasteiger charge is 2.15. The Balaban J connectivity index is 3.33. The molecule has 3 N–H and O–H groups in total. The Bertz CT molecular complexity index is 452. The quantitative estimate of drug-likeness (QED) is 0.295. The summed E-state index contributed by atoms with van der Waals surface area (Å²) < 4.78 is 25.4. The predicted octanol–water partition coefficient (Wildman–Crippen LogP) is -0.222. The van der Waals surface area contributed by atoms with Crippen LogP contribution in [0.1, 0.15) is 20.8 Å². The van der Waals surface area contributed by atoms with Crippen LogP contribution in [0.3, 0.4) is 0 Å². The zero-order chi connectivity index (χ0) is 21.3. The standard InChI is InChI=1S/C17H32N2O9/c1-17(2,3)28-16(23)19-5-7-25-8-10-26-12-14(20)18-4-6-24-9-11-27-13-15(21)22/h4-13H2,1-3H3,(H,18,20)(H,19,23)(H,21,22). The van der Waals surface area contributed by atoms with Crippen LogP contribution in [0.5, 0.6) is 0 Å². The van der Waals surface area contributed by atoms with Crippen molar-refractivity contribution in [1.82, 2.24) is 10.6 Å². The number of aliphatic carboxylic acids is 1. The van der Waals surface area contributed by atoms with Gasteiger partial charge in [0, 0.05) is 13.1 Å². The summed E-state index contributed by atoms with van der Waals surface area (Å²) in [6.07, 6.45) is -0.499. The van der Waals surface area contributed by atoms with Gasteiger partial charge in [-0.1, -0.05) is 0 Å². The van der Waals surface area contributed by atoms with Crippen molar-refractivity contribution in [3.8, 4) is 0 Å². The number of hydrogen-bond acceptors (Lipinski definition) is 8. The van der Waals surface area contributed by atoms with Gasteiger partial charge in [-0.15, -0.1) is 0 Å². The van der Waals surface area contributed by atoms with Gasteiger partial charge in [0.25, 0.3) is 0 Å². The van der Waals surface area contributed by atoms with Crippen molar-refractivity contribution < 1.29 is 43.2 Å². The highest BCUT2D eigenvalue weighted by molar-refractivity contribution is 5.77. The van der Waals surface area contributed by atoms with Crippen LogP contribution in [-0.2, 0) is 33.3 Å². The highest BCUT2D eigenvalue weighted by atomic mass is 16.6. The Morgan fingerprint density at radius 2 is 1.25 bits per heavy atom. The number of rotatable bonds is 16. The molecule has 0 atom stereocenters. The molecule has 0 radical (unpaired) electrons. The van der Waals surface area contributed by atoms with Crippen molar-refractivity contribution in [2.45, 2.75) is 26.4 Å².